The molecule has 0 saturated heterocycles. The second kappa shape index (κ2) is 9.42. The van der Waals surface area contributed by atoms with Gasteiger partial charge in [-0.3, -0.25) is 4.79 Å². The Morgan fingerprint density at radius 3 is 2.57 bits per heavy atom. The average Bonchev–Trinajstić information content (AvgIpc) is 2.92. The van der Waals surface area contributed by atoms with E-state index in [4.69, 9.17) is 0 Å². The van der Waals surface area contributed by atoms with Gasteiger partial charge in [-0.15, -0.1) is 36.2 Å². The Morgan fingerprint density at radius 2 is 2.00 bits per heavy atom. The molecule has 2 aromatic rings. The lowest BCUT2D eigenvalue weighted by Crippen LogP contribution is -2.25. The Labute approximate surface area is 144 Å². The summed E-state index contributed by atoms with van der Waals surface area (Å²) in [5.74, 6) is -0.00212. The number of fused-ring (bicyclic) bond motifs is 1. The molecule has 0 aliphatic carbocycles. The van der Waals surface area contributed by atoms with Crippen molar-refractivity contribution in [1.82, 2.24) is 15.6 Å². The smallest absolute Gasteiger partial charge is 0.261 e. The van der Waals surface area contributed by atoms with Crippen molar-refractivity contribution in [3.8, 4) is 0 Å². The fourth-order valence-electron chi connectivity index (χ4n) is 1.58. The van der Waals surface area contributed by atoms with Gasteiger partial charge in [-0.2, -0.15) is 0 Å². The van der Waals surface area contributed by atoms with Crippen molar-refractivity contribution in [1.29, 1.82) is 0 Å². The van der Waals surface area contributed by atoms with Gasteiger partial charge in [0.15, 0.2) is 5.13 Å². The lowest BCUT2D eigenvalue weighted by atomic mass is 10.4. The quantitative estimate of drug-likeness (QED) is 0.767. The molecule has 5 nitrogen and oxygen atoms in total. The first-order valence-electron chi connectivity index (χ1n) is 6.12. The zero-order valence-electron chi connectivity index (χ0n) is 12.1. The molecule has 21 heavy (non-hydrogen) atoms. The molecule has 0 spiro atoms. The Morgan fingerprint density at radius 1 is 1.29 bits per heavy atom. The number of halogens is 2. The van der Waals surface area contributed by atoms with Crippen LogP contribution in [0.15, 0.2) is 6.07 Å². The van der Waals surface area contributed by atoms with Gasteiger partial charge in [0, 0.05) is 20.6 Å². The number of aromatic nitrogens is 1. The molecule has 1 amide bonds. The zero-order chi connectivity index (χ0) is 13.8. The Hall–Kier alpha value is -0.600. The van der Waals surface area contributed by atoms with Crippen molar-refractivity contribution in [3.05, 3.63) is 10.9 Å². The lowest BCUT2D eigenvalue weighted by Gasteiger charge is -2.05. The van der Waals surface area contributed by atoms with Crippen LogP contribution in [0.1, 0.15) is 16.1 Å². The van der Waals surface area contributed by atoms with Crippen LogP contribution < -0.4 is 15.5 Å². The predicted octanol–water partition coefficient (Wildman–Crippen LogP) is 2.61. The van der Waals surface area contributed by atoms with Crippen LogP contribution >= 0.6 is 47.5 Å². The van der Waals surface area contributed by atoms with Gasteiger partial charge in [-0.25, -0.2) is 4.98 Å². The van der Waals surface area contributed by atoms with Crippen LogP contribution in [0.25, 0.3) is 9.53 Å². The molecule has 0 aliphatic heterocycles. The van der Waals surface area contributed by atoms with Gasteiger partial charge in [-0.05, 0) is 26.1 Å². The summed E-state index contributed by atoms with van der Waals surface area (Å²) in [5, 5.41) is 6.95. The highest BCUT2D eigenvalue weighted by atomic mass is 35.5. The van der Waals surface area contributed by atoms with Crippen LogP contribution in [0, 0.1) is 0 Å². The number of nitrogens with one attached hydrogen (secondary N) is 2. The SMILES string of the molecule is CNCCCNC(=O)c1cc2sc(N(C)C)nc2s1.Cl.Cl. The van der Waals surface area contributed by atoms with Gasteiger partial charge < -0.3 is 15.5 Å². The van der Waals surface area contributed by atoms with Gasteiger partial charge >= 0.3 is 0 Å². The molecular formula is C12H20Cl2N4OS2. The molecule has 0 bridgehead atoms. The van der Waals surface area contributed by atoms with Crippen LogP contribution in [0.3, 0.4) is 0 Å². The van der Waals surface area contributed by atoms with Gasteiger partial charge in [0.05, 0.1) is 9.58 Å². The van der Waals surface area contributed by atoms with E-state index < -0.39 is 0 Å². The minimum absolute atomic E-state index is 0. The monoisotopic (exact) mass is 370 g/mol. The summed E-state index contributed by atoms with van der Waals surface area (Å²) in [6.45, 7) is 1.61. The highest BCUT2D eigenvalue weighted by Crippen LogP contribution is 2.33. The number of hydrogen-bond donors (Lipinski definition) is 2. The molecule has 2 N–H and O–H groups in total. The second-order valence-corrected chi connectivity index (χ2v) is 6.42. The van der Waals surface area contributed by atoms with Crippen molar-refractivity contribution in [2.75, 3.05) is 39.1 Å². The fourth-order valence-corrected chi connectivity index (χ4v) is 3.63. The summed E-state index contributed by atoms with van der Waals surface area (Å²) >= 11 is 3.06. The average molecular weight is 371 g/mol. The largest absolute Gasteiger partial charge is 0.354 e. The van der Waals surface area contributed by atoms with E-state index in [1.807, 2.05) is 32.1 Å². The maximum Gasteiger partial charge on any atom is 0.261 e. The van der Waals surface area contributed by atoms with Crippen LogP contribution in [-0.4, -0.2) is 45.1 Å². The molecule has 9 heteroatoms. The summed E-state index contributed by atoms with van der Waals surface area (Å²) in [6.07, 6.45) is 0.936. The number of carbonyl (C=O) groups excluding carboxylic acids is 1. The molecule has 0 atom stereocenters. The zero-order valence-corrected chi connectivity index (χ0v) is 15.4. The third-order valence-corrected chi connectivity index (χ3v) is 4.90. The van der Waals surface area contributed by atoms with E-state index in [0.29, 0.717) is 6.54 Å². The van der Waals surface area contributed by atoms with Crippen LogP contribution in [0.4, 0.5) is 5.13 Å². The number of carbonyl (C=O) groups is 1. The third-order valence-electron chi connectivity index (χ3n) is 2.57. The van der Waals surface area contributed by atoms with E-state index in [9.17, 15) is 4.79 Å². The summed E-state index contributed by atoms with van der Waals surface area (Å²) in [7, 11) is 5.85. The maximum absolute atomic E-state index is 11.9. The highest BCUT2D eigenvalue weighted by molar-refractivity contribution is 7.29. The Balaban J connectivity index is 0.00000200. The van der Waals surface area contributed by atoms with Gasteiger partial charge in [-0.1, -0.05) is 11.3 Å². The van der Waals surface area contributed by atoms with Crippen LogP contribution in [0.5, 0.6) is 0 Å². The van der Waals surface area contributed by atoms with E-state index in [2.05, 4.69) is 15.6 Å². The van der Waals surface area contributed by atoms with E-state index in [1.165, 1.54) is 11.3 Å². The maximum atomic E-state index is 11.9. The normalized spacial score (nSPS) is 9.86. The second-order valence-electron chi connectivity index (χ2n) is 4.38. The molecule has 120 valence electrons. The molecule has 0 aromatic carbocycles. The molecule has 0 fully saturated rings. The molecule has 0 unspecified atom stereocenters. The summed E-state index contributed by atoms with van der Waals surface area (Å²) in [6, 6.07) is 1.93. The van der Waals surface area contributed by atoms with Gasteiger partial charge in [0.25, 0.3) is 5.91 Å². The number of anilines is 1. The van der Waals surface area contributed by atoms with Gasteiger partial charge in [0.1, 0.15) is 4.83 Å². The van der Waals surface area contributed by atoms with E-state index in [0.717, 1.165) is 32.5 Å². The lowest BCUT2D eigenvalue weighted by molar-refractivity contribution is 0.0957. The summed E-state index contributed by atoms with van der Waals surface area (Å²) < 4.78 is 1.08. The summed E-state index contributed by atoms with van der Waals surface area (Å²) in [5.41, 5.74) is 0. The number of hydrogen-bond acceptors (Lipinski definition) is 6. The van der Waals surface area contributed by atoms with Crippen LogP contribution in [-0.2, 0) is 0 Å². The number of amides is 1. The van der Waals surface area contributed by atoms with E-state index in [1.54, 1.807) is 11.3 Å². The summed E-state index contributed by atoms with van der Waals surface area (Å²) in [4.78, 5) is 20.1. The Bertz CT molecular complexity index is 539. The number of nitrogens with zero attached hydrogens (tertiary/aromatic N) is 2. The van der Waals surface area contributed by atoms with Crippen molar-refractivity contribution >= 4 is 68.1 Å². The predicted molar refractivity (Wildman–Crippen MR) is 97.2 cm³/mol. The fraction of sp³-hybridized carbons (Fsp3) is 0.500. The minimum Gasteiger partial charge on any atom is -0.354 e. The number of thiazole rings is 1. The van der Waals surface area contributed by atoms with Crippen molar-refractivity contribution in [2.45, 2.75) is 6.42 Å². The first kappa shape index (κ1) is 20.4. The molecule has 2 rings (SSSR count). The number of rotatable bonds is 6. The Kier molecular flexibility index (Phi) is 9.15. The first-order valence-corrected chi connectivity index (χ1v) is 7.75. The molecule has 0 aliphatic rings. The highest BCUT2D eigenvalue weighted by Gasteiger charge is 2.14. The first-order chi connectivity index (χ1) is 9.11. The topological polar surface area (TPSA) is 57.3 Å². The van der Waals surface area contributed by atoms with Crippen molar-refractivity contribution < 1.29 is 4.79 Å². The minimum atomic E-state index is -0.00212. The molecule has 0 radical (unpaired) electrons. The van der Waals surface area contributed by atoms with E-state index >= 15 is 0 Å². The van der Waals surface area contributed by atoms with Crippen molar-refractivity contribution in [3.63, 3.8) is 0 Å². The molecule has 2 heterocycles. The van der Waals surface area contributed by atoms with E-state index in [-0.39, 0.29) is 30.7 Å². The van der Waals surface area contributed by atoms with Crippen LogP contribution in [0.2, 0.25) is 0 Å². The van der Waals surface area contributed by atoms with Gasteiger partial charge in [0.2, 0.25) is 0 Å². The standard InChI is InChI=1S/C12H18N4OS2.2ClH/c1-13-5-4-6-14-10(17)8-7-9-11(18-8)15-12(19-9)16(2)3;;/h7,13H,4-6H2,1-3H3,(H,14,17);2*1H. The third kappa shape index (κ3) is 5.27. The molecule has 2 aromatic heterocycles. The van der Waals surface area contributed by atoms with Crippen molar-refractivity contribution in [2.24, 2.45) is 0 Å². The molecule has 0 saturated carbocycles. The number of thiophene rings is 1. The molecular weight excluding hydrogens is 351 g/mol.